The second-order valence-corrected chi connectivity index (χ2v) is 3.92. The number of rotatable bonds is 0. The lowest BCUT2D eigenvalue weighted by atomic mass is 10.1. The van der Waals surface area contributed by atoms with Crippen molar-refractivity contribution >= 4 is 23.2 Å². The average molecular weight is 214 g/mol. The molecule has 2 aliphatic rings. The van der Waals surface area contributed by atoms with Crippen LogP contribution in [0.1, 0.15) is 12.0 Å². The SMILES string of the molecule is O=C1CCc2ccccc2N2C(=O)CN=C12. The van der Waals surface area contributed by atoms with Gasteiger partial charge in [-0.2, -0.15) is 0 Å². The minimum Gasteiger partial charge on any atom is -0.291 e. The summed E-state index contributed by atoms with van der Waals surface area (Å²) in [6, 6.07) is 7.62. The summed E-state index contributed by atoms with van der Waals surface area (Å²) in [5, 5.41) is 0. The molecule has 1 aromatic carbocycles. The van der Waals surface area contributed by atoms with E-state index in [1.54, 1.807) is 0 Å². The molecule has 0 saturated carbocycles. The van der Waals surface area contributed by atoms with Crippen molar-refractivity contribution in [3.8, 4) is 0 Å². The molecule has 4 nitrogen and oxygen atoms in total. The first-order valence-corrected chi connectivity index (χ1v) is 5.26. The van der Waals surface area contributed by atoms with Crippen LogP contribution in [0.15, 0.2) is 29.3 Å². The van der Waals surface area contributed by atoms with Crippen LogP contribution in [0.3, 0.4) is 0 Å². The molecule has 4 heteroatoms. The normalized spacial score (nSPS) is 19.0. The minimum absolute atomic E-state index is 0.0398. The molecular formula is C12H10N2O2. The van der Waals surface area contributed by atoms with E-state index in [2.05, 4.69) is 4.99 Å². The summed E-state index contributed by atoms with van der Waals surface area (Å²) in [7, 11) is 0. The van der Waals surface area contributed by atoms with Crippen molar-refractivity contribution in [3.05, 3.63) is 29.8 Å². The lowest BCUT2D eigenvalue weighted by Gasteiger charge is -2.17. The highest BCUT2D eigenvalue weighted by molar-refractivity contribution is 6.50. The van der Waals surface area contributed by atoms with Gasteiger partial charge in [-0.05, 0) is 18.1 Å². The highest BCUT2D eigenvalue weighted by Crippen LogP contribution is 2.28. The Morgan fingerprint density at radius 1 is 1.12 bits per heavy atom. The Hall–Kier alpha value is -1.97. The van der Waals surface area contributed by atoms with E-state index in [0.29, 0.717) is 18.7 Å². The van der Waals surface area contributed by atoms with E-state index in [1.165, 1.54) is 4.90 Å². The number of ketones is 1. The Labute approximate surface area is 92.6 Å². The standard InChI is InChI=1S/C12H10N2O2/c15-10-6-5-8-3-1-2-4-9(8)14-11(16)7-13-12(10)14/h1-4H,5-7H2. The summed E-state index contributed by atoms with van der Waals surface area (Å²) < 4.78 is 0. The monoisotopic (exact) mass is 214 g/mol. The predicted molar refractivity (Wildman–Crippen MR) is 59.6 cm³/mol. The Morgan fingerprint density at radius 2 is 1.94 bits per heavy atom. The van der Waals surface area contributed by atoms with Gasteiger partial charge in [0.2, 0.25) is 0 Å². The molecule has 1 amide bonds. The molecule has 2 aliphatic heterocycles. The van der Waals surface area contributed by atoms with E-state index in [9.17, 15) is 9.59 Å². The Morgan fingerprint density at radius 3 is 2.81 bits per heavy atom. The van der Waals surface area contributed by atoms with Gasteiger partial charge < -0.3 is 0 Å². The Kier molecular flexibility index (Phi) is 1.89. The van der Waals surface area contributed by atoms with E-state index >= 15 is 0 Å². The molecule has 16 heavy (non-hydrogen) atoms. The Bertz CT molecular complexity index is 520. The molecule has 0 unspecified atom stereocenters. The van der Waals surface area contributed by atoms with Gasteiger partial charge in [0.05, 0.1) is 5.69 Å². The molecule has 0 radical (unpaired) electrons. The number of fused-ring (bicyclic) bond motifs is 3. The first-order chi connectivity index (χ1) is 7.77. The Balaban J connectivity index is 2.19. The molecular weight excluding hydrogens is 204 g/mol. The van der Waals surface area contributed by atoms with E-state index in [0.717, 1.165) is 11.3 Å². The topological polar surface area (TPSA) is 49.7 Å². The fourth-order valence-electron chi connectivity index (χ4n) is 2.16. The van der Waals surface area contributed by atoms with Crippen molar-refractivity contribution in [3.63, 3.8) is 0 Å². The fourth-order valence-corrected chi connectivity index (χ4v) is 2.16. The van der Waals surface area contributed by atoms with Gasteiger partial charge in [0, 0.05) is 6.42 Å². The van der Waals surface area contributed by atoms with Crippen LogP contribution < -0.4 is 4.90 Å². The van der Waals surface area contributed by atoms with Gasteiger partial charge in [0.15, 0.2) is 11.6 Å². The molecule has 0 atom stereocenters. The number of carbonyl (C=O) groups excluding carboxylic acids is 2. The predicted octanol–water partition coefficient (Wildman–Crippen LogP) is 0.947. The van der Waals surface area contributed by atoms with E-state index in [-0.39, 0.29) is 18.2 Å². The summed E-state index contributed by atoms with van der Waals surface area (Å²) in [5.74, 6) is 0.162. The highest BCUT2D eigenvalue weighted by Gasteiger charge is 2.34. The molecule has 0 fully saturated rings. The van der Waals surface area contributed by atoms with Crippen LogP contribution in [0.4, 0.5) is 5.69 Å². The smallest absolute Gasteiger partial charge is 0.254 e. The molecule has 0 aromatic heterocycles. The zero-order valence-electron chi connectivity index (χ0n) is 8.64. The van der Waals surface area contributed by atoms with Crippen molar-refractivity contribution in [2.24, 2.45) is 4.99 Å². The van der Waals surface area contributed by atoms with Crippen molar-refractivity contribution in [1.29, 1.82) is 0 Å². The summed E-state index contributed by atoms with van der Waals surface area (Å²) in [6.07, 6.45) is 1.11. The number of aliphatic imine (C=N–C) groups is 1. The van der Waals surface area contributed by atoms with Crippen LogP contribution in [0.5, 0.6) is 0 Å². The van der Waals surface area contributed by atoms with Gasteiger partial charge in [-0.1, -0.05) is 18.2 Å². The second kappa shape index (κ2) is 3.27. The number of carbonyl (C=O) groups is 2. The van der Waals surface area contributed by atoms with Gasteiger partial charge in [-0.25, -0.2) is 0 Å². The maximum Gasteiger partial charge on any atom is 0.254 e. The zero-order chi connectivity index (χ0) is 11.1. The molecule has 0 bridgehead atoms. The van der Waals surface area contributed by atoms with E-state index < -0.39 is 0 Å². The molecule has 0 aliphatic carbocycles. The van der Waals surface area contributed by atoms with Gasteiger partial charge in [-0.3, -0.25) is 19.5 Å². The van der Waals surface area contributed by atoms with Crippen LogP contribution >= 0.6 is 0 Å². The number of hydrogen-bond donors (Lipinski definition) is 0. The third kappa shape index (κ3) is 1.19. The average Bonchev–Trinajstić information content (AvgIpc) is 2.61. The number of amidine groups is 1. The number of benzene rings is 1. The fraction of sp³-hybridized carbons (Fsp3) is 0.250. The quantitative estimate of drug-likeness (QED) is 0.645. The summed E-state index contributed by atoms with van der Waals surface area (Å²) >= 11 is 0. The number of amides is 1. The molecule has 2 heterocycles. The van der Waals surface area contributed by atoms with E-state index in [1.807, 2.05) is 24.3 Å². The second-order valence-electron chi connectivity index (χ2n) is 3.92. The van der Waals surface area contributed by atoms with Crippen molar-refractivity contribution in [2.45, 2.75) is 12.8 Å². The van der Waals surface area contributed by atoms with Gasteiger partial charge in [0.25, 0.3) is 5.91 Å². The van der Waals surface area contributed by atoms with Gasteiger partial charge in [-0.15, -0.1) is 0 Å². The van der Waals surface area contributed by atoms with Crippen LogP contribution in [0, 0.1) is 0 Å². The third-order valence-corrected chi connectivity index (χ3v) is 2.93. The van der Waals surface area contributed by atoms with E-state index in [4.69, 9.17) is 0 Å². The summed E-state index contributed by atoms with van der Waals surface area (Å²) in [4.78, 5) is 29.0. The molecule has 0 spiro atoms. The lowest BCUT2D eigenvalue weighted by Crippen LogP contribution is -2.36. The van der Waals surface area contributed by atoms with Crippen molar-refractivity contribution in [2.75, 3.05) is 11.4 Å². The number of nitrogens with zero attached hydrogens (tertiary/aromatic N) is 2. The number of anilines is 1. The summed E-state index contributed by atoms with van der Waals surface area (Å²) in [5.41, 5.74) is 1.85. The third-order valence-electron chi connectivity index (χ3n) is 2.93. The number of hydrogen-bond acceptors (Lipinski definition) is 3. The highest BCUT2D eigenvalue weighted by atomic mass is 16.2. The largest absolute Gasteiger partial charge is 0.291 e. The molecule has 0 saturated heterocycles. The van der Waals surface area contributed by atoms with Crippen molar-refractivity contribution in [1.82, 2.24) is 0 Å². The molecule has 3 rings (SSSR count). The van der Waals surface area contributed by atoms with Crippen LogP contribution in [0.2, 0.25) is 0 Å². The lowest BCUT2D eigenvalue weighted by molar-refractivity contribution is -0.116. The van der Waals surface area contributed by atoms with Crippen molar-refractivity contribution < 1.29 is 9.59 Å². The van der Waals surface area contributed by atoms with Crippen LogP contribution in [0.25, 0.3) is 0 Å². The first kappa shape index (κ1) is 9.27. The molecule has 1 aromatic rings. The minimum atomic E-state index is -0.113. The van der Waals surface area contributed by atoms with Gasteiger partial charge >= 0.3 is 0 Å². The zero-order valence-corrected chi connectivity index (χ0v) is 8.64. The first-order valence-electron chi connectivity index (χ1n) is 5.26. The summed E-state index contributed by atoms with van der Waals surface area (Å²) in [6.45, 7) is 0.0927. The van der Waals surface area contributed by atoms with Gasteiger partial charge in [0.1, 0.15) is 6.54 Å². The molecule has 0 N–H and O–H groups in total. The number of aryl methyl sites for hydroxylation is 1. The molecule has 80 valence electrons. The maximum atomic E-state index is 11.8. The van der Waals surface area contributed by atoms with Crippen LogP contribution in [-0.2, 0) is 16.0 Å². The van der Waals surface area contributed by atoms with Crippen LogP contribution in [-0.4, -0.2) is 24.1 Å². The number of para-hydroxylation sites is 1. The number of Topliss-reactive ketones (excluding diaryl/α,β-unsaturated/α-hetero) is 1. The maximum absolute atomic E-state index is 11.8.